The summed E-state index contributed by atoms with van der Waals surface area (Å²) in [5, 5.41) is 0. The van der Waals surface area contributed by atoms with Gasteiger partial charge in [-0.05, 0) is 24.8 Å². The molecule has 0 atom stereocenters. The number of aryl methyl sites for hydroxylation is 1. The maximum Gasteiger partial charge on any atom is 0.374 e. The van der Waals surface area contributed by atoms with E-state index in [-0.39, 0.29) is 0 Å². The van der Waals surface area contributed by atoms with E-state index in [1.165, 1.54) is 13.2 Å². The Kier molecular flexibility index (Phi) is 5.53. The fourth-order valence-electron chi connectivity index (χ4n) is 1.47. The van der Waals surface area contributed by atoms with Gasteiger partial charge in [-0.1, -0.05) is 19.6 Å². The topological polar surface area (TPSA) is 39.4 Å². The van der Waals surface area contributed by atoms with Crippen LogP contribution in [0.25, 0.3) is 0 Å². The lowest BCUT2D eigenvalue weighted by Gasteiger charge is -2.14. The Labute approximate surface area is 114 Å². The first kappa shape index (κ1) is 15.4. The van der Waals surface area contributed by atoms with Crippen molar-refractivity contribution in [2.45, 2.75) is 38.4 Å². The molecule has 1 aromatic heterocycles. The van der Waals surface area contributed by atoms with Gasteiger partial charge in [-0.3, -0.25) is 0 Å². The third-order valence-corrected chi connectivity index (χ3v) is 5.67. The van der Waals surface area contributed by atoms with E-state index >= 15 is 0 Å². The van der Waals surface area contributed by atoms with Crippen molar-refractivity contribution >= 4 is 25.8 Å². The van der Waals surface area contributed by atoms with E-state index in [2.05, 4.69) is 24.4 Å². The smallest absolute Gasteiger partial charge is 0.374 e. The van der Waals surface area contributed by atoms with Gasteiger partial charge in [0.2, 0.25) is 5.76 Å². The molecule has 1 rings (SSSR count). The fourth-order valence-corrected chi connectivity index (χ4v) is 4.98. The summed E-state index contributed by atoms with van der Waals surface area (Å²) in [4.78, 5) is 11.4. The van der Waals surface area contributed by atoms with Gasteiger partial charge in [0.15, 0.2) is 0 Å². The SMILES string of the molecule is COC(=O)c1oc(CSCC[Si](C)(C)C)cc1C. The molecule has 0 saturated carbocycles. The Balaban J connectivity index is 2.47. The lowest BCUT2D eigenvalue weighted by Crippen LogP contribution is -2.19. The quantitative estimate of drug-likeness (QED) is 0.451. The lowest BCUT2D eigenvalue weighted by molar-refractivity contribution is 0.0562. The van der Waals surface area contributed by atoms with E-state index in [0.717, 1.165) is 22.8 Å². The molecule has 0 saturated heterocycles. The van der Waals surface area contributed by atoms with Crippen LogP contribution in [0.2, 0.25) is 25.7 Å². The van der Waals surface area contributed by atoms with E-state index in [1.54, 1.807) is 0 Å². The maximum atomic E-state index is 11.4. The molecule has 0 fully saturated rings. The van der Waals surface area contributed by atoms with Crippen molar-refractivity contribution in [3.63, 3.8) is 0 Å². The van der Waals surface area contributed by atoms with E-state index in [9.17, 15) is 4.79 Å². The van der Waals surface area contributed by atoms with Gasteiger partial charge in [0.05, 0.1) is 12.9 Å². The zero-order valence-corrected chi connectivity index (χ0v) is 13.6. The Morgan fingerprint density at radius 1 is 1.44 bits per heavy atom. The first-order valence-electron chi connectivity index (χ1n) is 6.09. The van der Waals surface area contributed by atoms with Gasteiger partial charge in [0.25, 0.3) is 0 Å². The third-order valence-electron chi connectivity index (χ3n) is 2.58. The fraction of sp³-hybridized carbons (Fsp3) is 0.615. The first-order chi connectivity index (χ1) is 8.33. The van der Waals surface area contributed by atoms with Crippen molar-refractivity contribution in [1.82, 2.24) is 0 Å². The molecule has 0 aliphatic rings. The van der Waals surface area contributed by atoms with E-state index in [1.807, 2.05) is 24.8 Å². The Morgan fingerprint density at radius 3 is 2.67 bits per heavy atom. The average Bonchev–Trinajstić information content (AvgIpc) is 2.64. The molecule has 1 heterocycles. The molecule has 18 heavy (non-hydrogen) atoms. The normalized spacial score (nSPS) is 11.6. The highest BCUT2D eigenvalue weighted by molar-refractivity contribution is 7.98. The summed E-state index contributed by atoms with van der Waals surface area (Å²) in [6.07, 6.45) is 0. The summed E-state index contributed by atoms with van der Waals surface area (Å²) in [6.45, 7) is 8.99. The van der Waals surface area contributed by atoms with Crippen LogP contribution in [-0.2, 0) is 10.5 Å². The number of hydrogen-bond acceptors (Lipinski definition) is 4. The van der Waals surface area contributed by atoms with Crippen molar-refractivity contribution in [3.8, 4) is 0 Å². The molecule has 0 aliphatic carbocycles. The highest BCUT2D eigenvalue weighted by atomic mass is 32.2. The van der Waals surface area contributed by atoms with Crippen LogP contribution in [0.1, 0.15) is 21.9 Å². The minimum Gasteiger partial charge on any atom is -0.463 e. The zero-order chi connectivity index (χ0) is 13.8. The second-order valence-corrected chi connectivity index (χ2v) is 12.3. The number of ether oxygens (including phenoxy) is 1. The van der Waals surface area contributed by atoms with Crippen molar-refractivity contribution < 1.29 is 13.9 Å². The van der Waals surface area contributed by atoms with E-state index < -0.39 is 14.0 Å². The summed E-state index contributed by atoms with van der Waals surface area (Å²) in [5.74, 6) is 2.77. The molecular weight excluding hydrogens is 264 g/mol. The summed E-state index contributed by atoms with van der Waals surface area (Å²) in [5.41, 5.74) is 0.850. The van der Waals surface area contributed by atoms with Gasteiger partial charge >= 0.3 is 5.97 Å². The minimum atomic E-state index is -0.950. The zero-order valence-electron chi connectivity index (χ0n) is 11.8. The lowest BCUT2D eigenvalue weighted by atomic mass is 10.3. The maximum absolute atomic E-state index is 11.4. The third kappa shape index (κ3) is 4.90. The van der Waals surface area contributed by atoms with Gasteiger partial charge in [-0.15, -0.1) is 0 Å². The molecule has 102 valence electrons. The average molecular weight is 286 g/mol. The number of carbonyl (C=O) groups is 1. The van der Waals surface area contributed by atoms with Crippen LogP contribution in [0.15, 0.2) is 10.5 Å². The first-order valence-corrected chi connectivity index (χ1v) is 10.9. The molecule has 3 nitrogen and oxygen atoms in total. The van der Waals surface area contributed by atoms with Crippen molar-refractivity contribution in [3.05, 3.63) is 23.2 Å². The van der Waals surface area contributed by atoms with Crippen LogP contribution in [0, 0.1) is 6.92 Å². The second-order valence-electron chi connectivity index (χ2n) is 5.58. The van der Waals surface area contributed by atoms with Crippen molar-refractivity contribution in [2.24, 2.45) is 0 Å². The number of carbonyl (C=O) groups excluding carboxylic acids is 1. The molecule has 0 N–H and O–H groups in total. The highest BCUT2D eigenvalue weighted by Crippen LogP contribution is 2.22. The Bertz CT molecular complexity index is 407. The molecule has 0 amide bonds. The molecule has 0 unspecified atom stereocenters. The second kappa shape index (κ2) is 6.47. The Hall–Kier alpha value is -0.683. The number of esters is 1. The van der Waals surface area contributed by atoms with Gasteiger partial charge in [-0.2, -0.15) is 11.8 Å². The summed E-state index contributed by atoms with van der Waals surface area (Å²) >= 11 is 1.86. The molecule has 1 aromatic rings. The van der Waals surface area contributed by atoms with Crippen LogP contribution in [0.3, 0.4) is 0 Å². The van der Waals surface area contributed by atoms with Crippen LogP contribution in [0.5, 0.6) is 0 Å². The standard InChI is InChI=1S/C13H22O3SSi/c1-10-8-11(16-12(10)13(14)15-2)9-17-6-7-18(3,4)5/h8H,6-7,9H2,1-5H3. The van der Waals surface area contributed by atoms with Crippen LogP contribution >= 0.6 is 11.8 Å². The van der Waals surface area contributed by atoms with Crippen molar-refractivity contribution in [2.75, 3.05) is 12.9 Å². The molecule has 0 spiro atoms. The summed E-state index contributed by atoms with van der Waals surface area (Å²) in [6, 6.07) is 3.23. The predicted octanol–water partition coefficient (Wildman–Crippen LogP) is 3.95. The molecule has 5 heteroatoms. The van der Waals surface area contributed by atoms with Crippen LogP contribution < -0.4 is 0 Å². The van der Waals surface area contributed by atoms with E-state index in [4.69, 9.17) is 4.42 Å². The van der Waals surface area contributed by atoms with Crippen LogP contribution in [0.4, 0.5) is 0 Å². The molecule has 0 aromatic carbocycles. The molecular formula is C13H22O3SSi. The van der Waals surface area contributed by atoms with Gasteiger partial charge in [-0.25, -0.2) is 4.79 Å². The van der Waals surface area contributed by atoms with Crippen LogP contribution in [-0.4, -0.2) is 26.9 Å². The summed E-state index contributed by atoms with van der Waals surface area (Å²) < 4.78 is 10.2. The van der Waals surface area contributed by atoms with Gasteiger partial charge in [0.1, 0.15) is 5.76 Å². The molecule has 0 radical (unpaired) electrons. The molecule has 0 aliphatic heterocycles. The van der Waals surface area contributed by atoms with Gasteiger partial charge in [0, 0.05) is 13.6 Å². The van der Waals surface area contributed by atoms with Crippen molar-refractivity contribution in [1.29, 1.82) is 0 Å². The number of hydrogen-bond donors (Lipinski definition) is 0. The molecule has 0 bridgehead atoms. The monoisotopic (exact) mass is 286 g/mol. The predicted molar refractivity (Wildman–Crippen MR) is 79.1 cm³/mol. The number of rotatable bonds is 6. The number of furan rings is 1. The highest BCUT2D eigenvalue weighted by Gasteiger charge is 2.16. The summed E-state index contributed by atoms with van der Waals surface area (Å²) in [7, 11) is 0.417. The van der Waals surface area contributed by atoms with Gasteiger partial charge < -0.3 is 9.15 Å². The largest absolute Gasteiger partial charge is 0.463 e. The Morgan fingerprint density at radius 2 is 2.11 bits per heavy atom. The number of thioether (sulfide) groups is 1. The van der Waals surface area contributed by atoms with E-state index in [0.29, 0.717) is 5.76 Å². The minimum absolute atomic E-state index is 0.332. The number of methoxy groups -OCH3 is 1.